The monoisotopic (exact) mass is 234 g/mol. The van der Waals surface area contributed by atoms with Crippen molar-refractivity contribution >= 4 is 50.5 Å². The number of benzene rings is 1. The molecule has 0 aliphatic heterocycles. The Morgan fingerprint density at radius 2 is 1.75 bits per heavy atom. The van der Waals surface area contributed by atoms with Gasteiger partial charge in [0, 0.05) is 10.5 Å². The van der Waals surface area contributed by atoms with E-state index in [4.69, 9.17) is 0 Å². The van der Waals surface area contributed by atoms with E-state index in [1.807, 2.05) is 25.1 Å². The topological polar surface area (TPSA) is 0 Å². The maximum absolute atomic E-state index is 4.31. The molecule has 1 aromatic rings. The Labute approximate surface area is 94.8 Å². The second kappa shape index (κ2) is 3.78. The molecule has 0 heterocycles. The molecule has 0 amide bonds. The van der Waals surface area contributed by atoms with Crippen LogP contribution in [0.1, 0.15) is 11.1 Å². The largest absolute Gasteiger partial charge is 0.147 e. The predicted octanol–water partition coefficient (Wildman–Crippen LogP) is 3.18. The van der Waals surface area contributed by atoms with Crippen LogP contribution in [0.4, 0.5) is 0 Å². The molecule has 0 fully saturated rings. The van der Waals surface area contributed by atoms with E-state index in [9.17, 15) is 0 Å². The molecule has 12 heavy (non-hydrogen) atoms. The molecule has 0 saturated carbocycles. The summed E-state index contributed by atoms with van der Waals surface area (Å²) in [6.45, 7) is 2.01. The normalized spacial score (nSPS) is 11.8. The molecule has 0 aliphatic rings. The fraction of sp³-hybridized carbons (Fsp3) is 0.250. The van der Waals surface area contributed by atoms with Crippen LogP contribution in [-0.4, -0.2) is 0 Å². The van der Waals surface area contributed by atoms with Crippen molar-refractivity contribution in [2.75, 3.05) is 0 Å². The van der Waals surface area contributed by atoms with Crippen molar-refractivity contribution in [1.29, 1.82) is 0 Å². The van der Waals surface area contributed by atoms with Crippen molar-refractivity contribution in [3.63, 3.8) is 0 Å². The highest BCUT2D eigenvalue weighted by Crippen LogP contribution is 2.39. The molecule has 0 aromatic heterocycles. The quantitative estimate of drug-likeness (QED) is 0.416. The molecule has 1 aromatic carbocycles. The Hall–Kier alpha value is 0.620. The number of hydrogen-bond acceptors (Lipinski definition) is 4. The molecule has 4 heteroatoms. The first-order chi connectivity index (χ1) is 5.41. The van der Waals surface area contributed by atoms with Crippen LogP contribution in [-0.2, 0) is 3.41 Å². The lowest BCUT2D eigenvalue weighted by Gasteiger charge is -2.18. The molecular weight excluding hydrogens is 224 g/mol. The summed E-state index contributed by atoms with van der Waals surface area (Å²) in [6.07, 6.45) is 0. The second-order valence-electron chi connectivity index (χ2n) is 2.66. The average Bonchev–Trinajstić information content (AvgIpc) is 1.83. The van der Waals surface area contributed by atoms with E-state index in [0.717, 1.165) is 10.5 Å². The summed E-state index contributed by atoms with van der Waals surface area (Å²) in [5.74, 6) is 0. The highest BCUT2D eigenvalue weighted by atomic mass is 32.2. The Morgan fingerprint density at radius 1 is 1.17 bits per heavy atom. The van der Waals surface area contributed by atoms with Crippen molar-refractivity contribution in [3.05, 3.63) is 29.3 Å². The zero-order chi connectivity index (χ0) is 9.35. The SMILES string of the molecule is Cc1ccc(C(S)(S)S)c(S)c1. The van der Waals surface area contributed by atoms with Gasteiger partial charge in [0.15, 0.2) is 0 Å². The lowest BCUT2D eigenvalue weighted by Crippen LogP contribution is -2.01. The van der Waals surface area contributed by atoms with Gasteiger partial charge in [-0.3, -0.25) is 0 Å². The maximum atomic E-state index is 4.31. The summed E-state index contributed by atoms with van der Waals surface area (Å²) in [5.41, 5.74) is 2.08. The van der Waals surface area contributed by atoms with Gasteiger partial charge in [-0.15, -0.1) is 50.5 Å². The lowest BCUT2D eigenvalue weighted by molar-refractivity contribution is 1.20. The first-order valence-corrected chi connectivity index (χ1v) is 5.17. The van der Waals surface area contributed by atoms with Gasteiger partial charge in [-0.1, -0.05) is 17.7 Å². The third-order valence-corrected chi connectivity index (χ3v) is 2.61. The number of rotatable bonds is 1. The maximum Gasteiger partial charge on any atom is 0.125 e. The average molecular weight is 234 g/mol. The second-order valence-corrected chi connectivity index (χ2v) is 6.21. The third kappa shape index (κ3) is 2.55. The summed E-state index contributed by atoms with van der Waals surface area (Å²) in [7, 11) is 0. The van der Waals surface area contributed by atoms with Gasteiger partial charge in [0.2, 0.25) is 0 Å². The first kappa shape index (κ1) is 10.7. The van der Waals surface area contributed by atoms with E-state index < -0.39 is 3.41 Å². The Bertz CT molecular complexity index is 288. The van der Waals surface area contributed by atoms with Crippen molar-refractivity contribution in [2.45, 2.75) is 15.2 Å². The molecule has 0 unspecified atom stereocenters. The molecular formula is C8H10S4. The Kier molecular flexibility index (Phi) is 3.37. The van der Waals surface area contributed by atoms with Gasteiger partial charge in [-0.05, 0) is 13.0 Å². The van der Waals surface area contributed by atoms with Crippen molar-refractivity contribution in [3.8, 4) is 0 Å². The van der Waals surface area contributed by atoms with Crippen molar-refractivity contribution in [2.24, 2.45) is 0 Å². The summed E-state index contributed by atoms with van der Waals surface area (Å²) < 4.78 is -0.717. The minimum atomic E-state index is -0.717. The van der Waals surface area contributed by atoms with Crippen LogP contribution in [0, 0.1) is 6.92 Å². The minimum absolute atomic E-state index is 0.717. The highest BCUT2D eigenvalue weighted by Gasteiger charge is 2.19. The van der Waals surface area contributed by atoms with Crippen LogP contribution in [0.3, 0.4) is 0 Å². The van der Waals surface area contributed by atoms with E-state index in [0.29, 0.717) is 0 Å². The van der Waals surface area contributed by atoms with Gasteiger partial charge in [0.25, 0.3) is 0 Å². The first-order valence-electron chi connectivity index (χ1n) is 3.38. The van der Waals surface area contributed by atoms with Gasteiger partial charge < -0.3 is 0 Å². The molecule has 0 N–H and O–H groups in total. The zero-order valence-corrected chi connectivity index (χ0v) is 10.1. The molecule has 66 valence electrons. The zero-order valence-electron chi connectivity index (χ0n) is 6.52. The highest BCUT2D eigenvalue weighted by molar-refractivity contribution is 8.15. The minimum Gasteiger partial charge on any atom is -0.147 e. The molecule has 0 saturated heterocycles. The van der Waals surface area contributed by atoms with Crippen LogP contribution in [0.25, 0.3) is 0 Å². The summed E-state index contributed by atoms with van der Waals surface area (Å²) >= 11 is 17.0. The van der Waals surface area contributed by atoms with E-state index in [2.05, 4.69) is 50.5 Å². The van der Waals surface area contributed by atoms with Gasteiger partial charge in [-0.25, -0.2) is 0 Å². The van der Waals surface area contributed by atoms with Crippen LogP contribution in [0.5, 0.6) is 0 Å². The van der Waals surface area contributed by atoms with E-state index in [1.54, 1.807) is 0 Å². The summed E-state index contributed by atoms with van der Waals surface area (Å²) in [6, 6.07) is 5.90. The number of hydrogen-bond donors (Lipinski definition) is 4. The summed E-state index contributed by atoms with van der Waals surface area (Å²) in [4.78, 5) is 0.870. The smallest absolute Gasteiger partial charge is 0.125 e. The van der Waals surface area contributed by atoms with E-state index in [1.165, 1.54) is 5.56 Å². The Morgan fingerprint density at radius 3 is 2.17 bits per heavy atom. The van der Waals surface area contributed by atoms with Gasteiger partial charge >= 0.3 is 0 Å². The number of thiol groups is 4. The number of aryl methyl sites for hydroxylation is 1. The van der Waals surface area contributed by atoms with Crippen molar-refractivity contribution in [1.82, 2.24) is 0 Å². The summed E-state index contributed by atoms with van der Waals surface area (Å²) in [5, 5.41) is 0. The molecule has 0 spiro atoms. The van der Waals surface area contributed by atoms with Crippen LogP contribution in [0.2, 0.25) is 0 Å². The molecule has 0 nitrogen and oxygen atoms in total. The fourth-order valence-corrected chi connectivity index (χ4v) is 2.22. The van der Waals surface area contributed by atoms with Gasteiger partial charge in [0.1, 0.15) is 3.41 Å². The van der Waals surface area contributed by atoms with Gasteiger partial charge in [0.05, 0.1) is 0 Å². The molecule has 0 bridgehead atoms. The van der Waals surface area contributed by atoms with Crippen molar-refractivity contribution < 1.29 is 0 Å². The molecule has 0 radical (unpaired) electrons. The third-order valence-electron chi connectivity index (χ3n) is 1.51. The van der Waals surface area contributed by atoms with Crippen LogP contribution >= 0.6 is 50.5 Å². The molecule has 0 atom stereocenters. The molecule has 0 aliphatic carbocycles. The van der Waals surface area contributed by atoms with Gasteiger partial charge in [-0.2, -0.15) is 0 Å². The van der Waals surface area contributed by atoms with Crippen LogP contribution < -0.4 is 0 Å². The predicted molar refractivity (Wildman–Crippen MR) is 67.1 cm³/mol. The van der Waals surface area contributed by atoms with E-state index in [-0.39, 0.29) is 0 Å². The van der Waals surface area contributed by atoms with E-state index >= 15 is 0 Å². The molecule has 1 rings (SSSR count). The van der Waals surface area contributed by atoms with Crippen LogP contribution in [0.15, 0.2) is 23.1 Å². The Balaban J connectivity index is 3.19. The standard InChI is InChI=1S/C8H10S4/c1-5-2-3-6(7(9)4-5)8(10,11)12/h2-4,9-12H,1H3. The lowest BCUT2D eigenvalue weighted by atomic mass is 10.2. The fourth-order valence-electron chi connectivity index (χ4n) is 0.925.